The van der Waals surface area contributed by atoms with E-state index in [1.807, 2.05) is 0 Å². The Balaban J connectivity index is 2.71. The van der Waals surface area contributed by atoms with Gasteiger partial charge in [0, 0.05) is 25.2 Å². The number of hydrogen-bond acceptors (Lipinski definition) is 3. The van der Waals surface area contributed by atoms with Crippen molar-refractivity contribution in [3.05, 3.63) is 0 Å². The third-order valence-electron chi connectivity index (χ3n) is 3.61. The number of likely N-dealkylation sites (N-methyl/N-ethyl adjacent to an activating group) is 1. The summed E-state index contributed by atoms with van der Waals surface area (Å²) < 4.78 is 0. The fourth-order valence-electron chi connectivity index (χ4n) is 2.49. The Kier molecular flexibility index (Phi) is 5.40. The van der Waals surface area contributed by atoms with E-state index in [4.69, 9.17) is 5.11 Å². The maximum absolute atomic E-state index is 11.0. The number of rotatable bonds is 4. The highest BCUT2D eigenvalue weighted by molar-refractivity contribution is 5.67. The number of nitrogens with zero attached hydrogens (tertiary/aromatic N) is 2. The molecule has 0 saturated carbocycles. The van der Waals surface area contributed by atoms with Gasteiger partial charge in [-0.3, -0.25) is 9.69 Å². The maximum atomic E-state index is 11.0. The summed E-state index contributed by atoms with van der Waals surface area (Å²) in [5, 5.41) is 9.02. The van der Waals surface area contributed by atoms with Gasteiger partial charge >= 0.3 is 5.97 Å². The van der Waals surface area contributed by atoms with Crippen LogP contribution in [-0.4, -0.2) is 59.6 Å². The van der Waals surface area contributed by atoms with Gasteiger partial charge in [0.05, 0.1) is 6.42 Å². The molecule has 0 amide bonds. The molecular formula is C13H26N2O2. The van der Waals surface area contributed by atoms with Crippen molar-refractivity contribution in [1.29, 1.82) is 0 Å². The van der Waals surface area contributed by atoms with E-state index < -0.39 is 5.97 Å². The van der Waals surface area contributed by atoms with Gasteiger partial charge in [0.15, 0.2) is 0 Å². The summed E-state index contributed by atoms with van der Waals surface area (Å²) in [5.74, 6) is -0.100. The molecule has 1 saturated heterocycles. The smallest absolute Gasteiger partial charge is 0.304 e. The molecule has 17 heavy (non-hydrogen) atoms. The van der Waals surface area contributed by atoms with Crippen LogP contribution in [0.3, 0.4) is 0 Å². The summed E-state index contributed by atoms with van der Waals surface area (Å²) >= 11 is 0. The van der Waals surface area contributed by atoms with Crippen LogP contribution in [0.25, 0.3) is 0 Å². The predicted molar refractivity (Wildman–Crippen MR) is 69.2 cm³/mol. The van der Waals surface area contributed by atoms with E-state index in [1.165, 1.54) is 0 Å². The van der Waals surface area contributed by atoms with Crippen molar-refractivity contribution in [2.75, 3.05) is 26.7 Å². The highest BCUT2D eigenvalue weighted by Crippen LogP contribution is 2.17. The van der Waals surface area contributed by atoms with E-state index in [2.05, 4.69) is 37.6 Å². The molecular weight excluding hydrogens is 216 g/mol. The number of hydrogen-bond donors (Lipinski definition) is 1. The summed E-state index contributed by atoms with van der Waals surface area (Å²) in [7, 11) is 2.10. The van der Waals surface area contributed by atoms with E-state index in [1.54, 1.807) is 0 Å². The Bertz CT molecular complexity index is 256. The third-order valence-corrected chi connectivity index (χ3v) is 3.61. The average Bonchev–Trinajstić information content (AvgIpc) is 2.31. The molecule has 0 aromatic rings. The molecule has 4 heteroatoms. The summed E-state index contributed by atoms with van der Waals surface area (Å²) in [4.78, 5) is 15.6. The van der Waals surface area contributed by atoms with Gasteiger partial charge in [-0.25, -0.2) is 0 Å². The van der Waals surface area contributed by atoms with Crippen molar-refractivity contribution in [2.24, 2.45) is 5.92 Å². The predicted octanol–water partition coefficient (Wildman–Crippen LogP) is 1.51. The lowest BCUT2D eigenvalue weighted by atomic mass is 10.1. The van der Waals surface area contributed by atoms with E-state index in [0.29, 0.717) is 12.0 Å². The number of carboxylic acid groups (broad SMARTS) is 1. The van der Waals surface area contributed by atoms with Crippen molar-refractivity contribution in [3.8, 4) is 0 Å². The molecule has 0 aromatic carbocycles. The molecule has 100 valence electrons. The highest BCUT2D eigenvalue weighted by Gasteiger charge is 2.28. The summed E-state index contributed by atoms with van der Waals surface area (Å²) in [6, 6.07) is 0.702. The van der Waals surface area contributed by atoms with Crippen LogP contribution in [0.4, 0.5) is 0 Å². The quantitative estimate of drug-likeness (QED) is 0.811. The van der Waals surface area contributed by atoms with Gasteiger partial charge in [-0.2, -0.15) is 0 Å². The van der Waals surface area contributed by atoms with E-state index >= 15 is 0 Å². The monoisotopic (exact) mass is 242 g/mol. The van der Waals surface area contributed by atoms with Crippen molar-refractivity contribution in [3.63, 3.8) is 0 Å². The van der Waals surface area contributed by atoms with Crippen LogP contribution in [0.2, 0.25) is 0 Å². The van der Waals surface area contributed by atoms with Crippen molar-refractivity contribution >= 4 is 5.97 Å². The Morgan fingerprint density at radius 2 is 2.12 bits per heavy atom. The minimum absolute atomic E-state index is 0.157. The second-order valence-corrected chi connectivity index (χ2v) is 5.72. The third kappa shape index (κ3) is 4.64. The Labute approximate surface area is 105 Å². The number of carbonyl (C=O) groups is 1. The first-order chi connectivity index (χ1) is 7.90. The Morgan fingerprint density at radius 1 is 1.47 bits per heavy atom. The molecule has 1 heterocycles. The van der Waals surface area contributed by atoms with Crippen LogP contribution in [0.15, 0.2) is 0 Å². The highest BCUT2D eigenvalue weighted by atomic mass is 16.4. The molecule has 1 rings (SSSR count). The van der Waals surface area contributed by atoms with Gasteiger partial charge < -0.3 is 10.0 Å². The zero-order chi connectivity index (χ0) is 13.0. The van der Waals surface area contributed by atoms with E-state index in [-0.39, 0.29) is 12.5 Å². The Hall–Kier alpha value is -0.610. The second-order valence-electron chi connectivity index (χ2n) is 5.72. The van der Waals surface area contributed by atoms with Gasteiger partial charge in [0.2, 0.25) is 0 Å². The Morgan fingerprint density at radius 3 is 2.65 bits per heavy atom. The first kappa shape index (κ1) is 14.5. The maximum Gasteiger partial charge on any atom is 0.304 e. The van der Waals surface area contributed by atoms with Crippen molar-refractivity contribution in [1.82, 2.24) is 9.80 Å². The van der Waals surface area contributed by atoms with Crippen LogP contribution in [0, 0.1) is 5.92 Å². The molecule has 0 radical (unpaired) electrons. The number of carboxylic acids is 1. The van der Waals surface area contributed by atoms with Gasteiger partial charge in [0.25, 0.3) is 0 Å². The van der Waals surface area contributed by atoms with Crippen LogP contribution in [-0.2, 0) is 4.79 Å². The molecule has 1 aliphatic rings. The van der Waals surface area contributed by atoms with Crippen LogP contribution < -0.4 is 0 Å². The minimum Gasteiger partial charge on any atom is -0.481 e. The molecule has 0 aromatic heterocycles. The number of aliphatic carboxylic acids is 1. The first-order valence-corrected chi connectivity index (χ1v) is 6.56. The lowest BCUT2D eigenvalue weighted by molar-refractivity contribution is -0.138. The van der Waals surface area contributed by atoms with E-state index in [0.717, 1.165) is 26.1 Å². The summed E-state index contributed by atoms with van der Waals surface area (Å²) in [6.07, 6.45) is 1.38. The van der Waals surface area contributed by atoms with Crippen molar-refractivity contribution in [2.45, 2.75) is 45.7 Å². The standard InChI is InChI=1S/C13H26N2O2/c1-10(2)8-15-6-5-11(3)14(4)9-12(15)7-13(16)17/h10-12H,5-9H2,1-4H3,(H,16,17). The van der Waals surface area contributed by atoms with Gasteiger partial charge in [-0.15, -0.1) is 0 Å². The van der Waals surface area contributed by atoms with Gasteiger partial charge in [-0.1, -0.05) is 13.8 Å². The molecule has 1 aliphatic heterocycles. The topological polar surface area (TPSA) is 43.8 Å². The summed E-state index contributed by atoms with van der Waals surface area (Å²) in [5.41, 5.74) is 0. The zero-order valence-electron chi connectivity index (χ0n) is 11.5. The fraction of sp³-hybridized carbons (Fsp3) is 0.923. The van der Waals surface area contributed by atoms with Crippen LogP contribution in [0.1, 0.15) is 33.6 Å². The molecule has 2 unspecified atom stereocenters. The molecule has 0 aliphatic carbocycles. The molecule has 1 fully saturated rings. The van der Waals surface area contributed by atoms with Crippen LogP contribution in [0.5, 0.6) is 0 Å². The SMILES string of the molecule is CC(C)CN1CCC(C)N(C)CC1CC(=O)O. The van der Waals surface area contributed by atoms with Gasteiger partial charge in [-0.05, 0) is 32.9 Å². The van der Waals surface area contributed by atoms with Crippen LogP contribution >= 0.6 is 0 Å². The molecule has 0 spiro atoms. The molecule has 4 nitrogen and oxygen atoms in total. The lowest BCUT2D eigenvalue weighted by Gasteiger charge is -2.31. The van der Waals surface area contributed by atoms with Gasteiger partial charge in [0.1, 0.15) is 0 Å². The fourth-order valence-corrected chi connectivity index (χ4v) is 2.49. The minimum atomic E-state index is -0.688. The largest absolute Gasteiger partial charge is 0.481 e. The first-order valence-electron chi connectivity index (χ1n) is 6.56. The summed E-state index contributed by atoms with van der Waals surface area (Å²) in [6.45, 7) is 9.47. The molecule has 0 bridgehead atoms. The molecule has 2 atom stereocenters. The van der Waals surface area contributed by atoms with E-state index in [9.17, 15) is 4.79 Å². The zero-order valence-corrected chi connectivity index (χ0v) is 11.5. The second kappa shape index (κ2) is 6.36. The average molecular weight is 242 g/mol. The normalized spacial score (nSPS) is 28.3. The lowest BCUT2D eigenvalue weighted by Crippen LogP contribution is -2.43. The van der Waals surface area contributed by atoms with Crippen molar-refractivity contribution < 1.29 is 9.90 Å². The molecule has 1 N–H and O–H groups in total.